The molecule has 4 aliphatic carbocycles. The van der Waals surface area contributed by atoms with Gasteiger partial charge in [0.05, 0.1) is 12.7 Å². The van der Waals surface area contributed by atoms with Crippen LogP contribution in [0.15, 0.2) is 0 Å². The van der Waals surface area contributed by atoms with E-state index in [9.17, 15) is 25.1 Å². The fraction of sp³-hybridized carbons (Fsp3) is 0.850. The third-order valence-electron chi connectivity index (χ3n) is 7.30. The van der Waals surface area contributed by atoms with E-state index in [1.165, 1.54) is 4.90 Å². The quantitative estimate of drug-likeness (QED) is 0.700. The highest BCUT2D eigenvalue weighted by molar-refractivity contribution is 8.00. The Bertz CT molecular complexity index is 679. The Balaban J connectivity index is 1.56. The van der Waals surface area contributed by atoms with Gasteiger partial charge in [0.15, 0.2) is 0 Å². The van der Waals surface area contributed by atoms with Gasteiger partial charge in [-0.3, -0.25) is 9.69 Å². The van der Waals surface area contributed by atoms with E-state index in [-0.39, 0.29) is 23.8 Å². The van der Waals surface area contributed by atoms with Crippen LogP contribution in [-0.4, -0.2) is 73.8 Å². The van der Waals surface area contributed by atoms with E-state index in [1.54, 1.807) is 16.7 Å². The lowest BCUT2D eigenvalue weighted by Gasteiger charge is -2.64. The van der Waals surface area contributed by atoms with Gasteiger partial charge >= 0.3 is 6.09 Å². The van der Waals surface area contributed by atoms with Gasteiger partial charge in [-0.1, -0.05) is 0 Å². The van der Waals surface area contributed by atoms with Crippen LogP contribution in [0, 0.1) is 23.2 Å². The number of hydrogen-bond donors (Lipinski definition) is 2. The summed E-state index contributed by atoms with van der Waals surface area (Å²) in [7, 11) is 0. The molecule has 3 atom stereocenters. The first kappa shape index (κ1) is 19.8. The molecule has 0 aromatic heterocycles. The average molecular weight is 408 g/mol. The van der Waals surface area contributed by atoms with Crippen LogP contribution in [0.1, 0.15) is 51.4 Å². The van der Waals surface area contributed by atoms with Crippen molar-refractivity contribution in [1.82, 2.24) is 9.80 Å². The van der Waals surface area contributed by atoms with E-state index < -0.39 is 17.7 Å². The Morgan fingerprint density at radius 3 is 2.57 bits per heavy atom. The Morgan fingerprint density at radius 1 is 1.25 bits per heavy atom. The molecule has 4 bridgehead atoms. The molecule has 154 valence electrons. The molecule has 3 unspecified atom stereocenters. The van der Waals surface area contributed by atoms with Gasteiger partial charge in [0.1, 0.15) is 12.6 Å². The van der Waals surface area contributed by atoms with Crippen LogP contribution in [0.4, 0.5) is 4.79 Å². The molecule has 2 amide bonds. The van der Waals surface area contributed by atoms with Crippen LogP contribution in [-0.2, 0) is 4.79 Å². The molecule has 28 heavy (non-hydrogen) atoms. The average Bonchev–Trinajstić information content (AvgIpc) is 3.11. The number of nitriles is 1. The molecule has 1 aliphatic heterocycles. The summed E-state index contributed by atoms with van der Waals surface area (Å²) < 4.78 is 0.0341. The lowest BCUT2D eigenvalue weighted by molar-refractivity contribution is -0.136. The molecule has 7 nitrogen and oxygen atoms in total. The molecule has 1 heterocycles. The maximum atomic E-state index is 12.9. The number of hydrogen-bond acceptors (Lipinski definition) is 5. The van der Waals surface area contributed by atoms with Crippen LogP contribution in [0.5, 0.6) is 0 Å². The smallest absolute Gasteiger partial charge is 0.408 e. The molecule has 1 saturated heterocycles. The van der Waals surface area contributed by atoms with Crippen molar-refractivity contribution in [2.45, 2.75) is 67.7 Å². The summed E-state index contributed by atoms with van der Waals surface area (Å²) in [5.41, 5.74) is -0.476. The zero-order valence-corrected chi connectivity index (χ0v) is 17.0. The maximum Gasteiger partial charge on any atom is 0.408 e. The normalized spacial score (nSPS) is 38.4. The monoisotopic (exact) mass is 407 g/mol. The number of amides is 2. The summed E-state index contributed by atoms with van der Waals surface area (Å²) in [6, 6.07) is 1.75. The molecule has 5 rings (SSSR count). The SMILES string of the molecule is N#CC1CCCN1C(=O)CN(C(=O)O)C12CC3CC(CC(SCCO)(C3)C1)C2. The number of aliphatic hydroxyl groups excluding tert-OH is 1. The highest BCUT2D eigenvalue weighted by atomic mass is 32.2. The highest BCUT2D eigenvalue weighted by Crippen LogP contribution is 2.63. The van der Waals surface area contributed by atoms with Crippen molar-refractivity contribution in [3.05, 3.63) is 0 Å². The molecule has 0 aromatic rings. The highest BCUT2D eigenvalue weighted by Gasteiger charge is 2.61. The molecule has 2 N–H and O–H groups in total. The Hall–Kier alpha value is -1.46. The van der Waals surface area contributed by atoms with Crippen LogP contribution in [0.25, 0.3) is 0 Å². The predicted octanol–water partition coefficient (Wildman–Crippen LogP) is 2.30. The topological polar surface area (TPSA) is 105 Å². The number of carbonyl (C=O) groups is 2. The number of carboxylic acid groups (broad SMARTS) is 1. The van der Waals surface area contributed by atoms with Crippen molar-refractivity contribution in [1.29, 1.82) is 5.26 Å². The third kappa shape index (κ3) is 3.37. The van der Waals surface area contributed by atoms with Crippen molar-refractivity contribution >= 4 is 23.8 Å². The molecule has 4 saturated carbocycles. The van der Waals surface area contributed by atoms with Crippen molar-refractivity contribution < 1.29 is 19.8 Å². The zero-order valence-electron chi connectivity index (χ0n) is 16.2. The molecule has 0 aromatic carbocycles. The summed E-state index contributed by atoms with van der Waals surface area (Å²) in [4.78, 5) is 28.2. The second-order valence-corrected chi connectivity index (χ2v) is 10.7. The van der Waals surface area contributed by atoms with E-state index in [1.807, 2.05) is 0 Å². The van der Waals surface area contributed by atoms with E-state index in [0.717, 1.165) is 44.9 Å². The van der Waals surface area contributed by atoms with Crippen molar-refractivity contribution in [2.24, 2.45) is 11.8 Å². The summed E-state index contributed by atoms with van der Waals surface area (Å²) >= 11 is 1.80. The minimum atomic E-state index is -1.02. The fourth-order valence-corrected chi connectivity index (χ4v) is 8.34. The van der Waals surface area contributed by atoms with Crippen molar-refractivity contribution in [3.63, 3.8) is 0 Å². The summed E-state index contributed by atoms with van der Waals surface area (Å²) in [6.45, 7) is 0.535. The van der Waals surface area contributed by atoms with Crippen LogP contribution in [0.2, 0.25) is 0 Å². The zero-order chi connectivity index (χ0) is 19.9. The fourth-order valence-electron chi connectivity index (χ4n) is 6.74. The minimum Gasteiger partial charge on any atom is -0.465 e. The number of nitrogens with zero attached hydrogens (tertiary/aromatic N) is 3. The predicted molar refractivity (Wildman–Crippen MR) is 105 cm³/mol. The molecular formula is C20H29N3O4S. The van der Waals surface area contributed by atoms with E-state index in [0.29, 0.717) is 30.6 Å². The van der Waals surface area contributed by atoms with Gasteiger partial charge < -0.3 is 15.1 Å². The third-order valence-corrected chi connectivity index (χ3v) is 8.77. The van der Waals surface area contributed by atoms with E-state index in [4.69, 9.17) is 0 Å². The summed E-state index contributed by atoms with van der Waals surface area (Å²) in [5, 5.41) is 28.6. The number of carbonyl (C=O) groups excluding carboxylic acids is 1. The first-order valence-corrected chi connectivity index (χ1v) is 11.3. The molecule has 0 radical (unpaired) electrons. The second-order valence-electron chi connectivity index (χ2n) is 9.18. The lowest BCUT2D eigenvalue weighted by Crippen LogP contribution is -2.66. The van der Waals surface area contributed by atoms with Crippen LogP contribution >= 0.6 is 11.8 Å². The van der Waals surface area contributed by atoms with E-state index in [2.05, 4.69) is 6.07 Å². The Morgan fingerprint density at radius 2 is 1.96 bits per heavy atom. The molecule has 0 spiro atoms. The van der Waals surface area contributed by atoms with Gasteiger partial charge in [-0.25, -0.2) is 4.79 Å². The van der Waals surface area contributed by atoms with Crippen molar-refractivity contribution in [2.75, 3.05) is 25.4 Å². The lowest BCUT2D eigenvalue weighted by atomic mass is 9.52. The first-order chi connectivity index (χ1) is 13.4. The van der Waals surface area contributed by atoms with Gasteiger partial charge in [0.25, 0.3) is 0 Å². The van der Waals surface area contributed by atoms with Gasteiger partial charge in [-0.05, 0) is 63.2 Å². The molecule has 5 fully saturated rings. The summed E-state index contributed by atoms with van der Waals surface area (Å²) in [5.74, 6) is 1.45. The molecular weight excluding hydrogens is 378 g/mol. The minimum absolute atomic E-state index is 0.0341. The van der Waals surface area contributed by atoms with Gasteiger partial charge in [-0.2, -0.15) is 17.0 Å². The van der Waals surface area contributed by atoms with E-state index >= 15 is 0 Å². The van der Waals surface area contributed by atoms with Gasteiger partial charge in [0, 0.05) is 22.6 Å². The first-order valence-electron chi connectivity index (χ1n) is 10.3. The number of thioether (sulfide) groups is 1. The second kappa shape index (κ2) is 7.42. The van der Waals surface area contributed by atoms with Gasteiger partial charge in [0.2, 0.25) is 5.91 Å². The maximum absolute atomic E-state index is 12.9. The largest absolute Gasteiger partial charge is 0.465 e. The standard InChI is InChI=1S/C20H29N3O4S/c21-11-16-2-1-3-22(16)17(25)12-23(18(26)27)19-7-14-6-15(8-19)10-20(9-14,13-19)28-5-4-24/h14-16,24H,1-10,12-13H2,(H,26,27). The molecule has 5 aliphatic rings. The summed E-state index contributed by atoms with van der Waals surface area (Å²) in [6.07, 6.45) is 6.26. The van der Waals surface area contributed by atoms with Crippen LogP contribution < -0.4 is 0 Å². The number of aliphatic hydroxyl groups is 1. The Labute approximate surface area is 170 Å². The number of rotatable bonds is 6. The van der Waals surface area contributed by atoms with Crippen LogP contribution in [0.3, 0.4) is 0 Å². The Kier molecular flexibility index (Phi) is 5.25. The molecule has 8 heteroatoms. The van der Waals surface area contributed by atoms with Crippen molar-refractivity contribution in [3.8, 4) is 6.07 Å². The van der Waals surface area contributed by atoms with Gasteiger partial charge in [-0.15, -0.1) is 0 Å². The number of likely N-dealkylation sites (tertiary alicyclic amines) is 1.